The number of benzene rings is 2. The van der Waals surface area contributed by atoms with E-state index in [4.69, 9.17) is 10.5 Å². The van der Waals surface area contributed by atoms with Gasteiger partial charge >= 0.3 is 6.18 Å². The molecule has 4 rings (SSSR count). The Kier molecular flexibility index (Phi) is 8.03. The number of amides is 3. The molecular weight excluding hydrogens is 501 g/mol. The van der Waals surface area contributed by atoms with E-state index in [1.165, 1.54) is 7.11 Å². The monoisotopic (exact) mass is 530 g/mol. The highest BCUT2D eigenvalue weighted by Crippen LogP contribution is 2.35. The minimum Gasteiger partial charge on any atom is -0.497 e. The van der Waals surface area contributed by atoms with Crippen molar-refractivity contribution in [2.75, 3.05) is 18.6 Å². The summed E-state index contributed by atoms with van der Waals surface area (Å²) in [7, 11) is 1.54. The van der Waals surface area contributed by atoms with Gasteiger partial charge in [-0.3, -0.25) is 14.4 Å². The fraction of sp³-hybridized carbons (Fsp3) is 0.407. The van der Waals surface area contributed by atoms with Crippen LogP contribution in [0.4, 0.5) is 18.9 Å². The molecule has 0 radical (unpaired) electrons. The Bertz CT molecular complexity index is 1230. The van der Waals surface area contributed by atoms with E-state index >= 15 is 0 Å². The first kappa shape index (κ1) is 27.2. The number of aliphatic imine (C=N–C) groups is 1. The second-order valence-corrected chi connectivity index (χ2v) is 9.55. The van der Waals surface area contributed by atoms with Crippen molar-refractivity contribution in [2.24, 2.45) is 22.6 Å². The molecule has 1 aliphatic heterocycles. The molecule has 38 heavy (non-hydrogen) atoms. The van der Waals surface area contributed by atoms with E-state index in [0.717, 1.165) is 12.8 Å². The summed E-state index contributed by atoms with van der Waals surface area (Å²) in [5.41, 5.74) is 7.60. The van der Waals surface area contributed by atoms with Crippen LogP contribution < -0.4 is 20.7 Å². The van der Waals surface area contributed by atoms with Gasteiger partial charge in [0.2, 0.25) is 18.0 Å². The number of carbonyl (C=O) groups is 3. The average molecular weight is 531 g/mol. The van der Waals surface area contributed by atoms with Crippen LogP contribution in [0.5, 0.6) is 5.75 Å². The quantitative estimate of drug-likeness (QED) is 0.489. The van der Waals surface area contributed by atoms with Crippen LogP contribution >= 0.6 is 0 Å². The minimum atomic E-state index is -4.52. The van der Waals surface area contributed by atoms with Crippen LogP contribution in [0.25, 0.3) is 0 Å². The fourth-order valence-electron chi connectivity index (χ4n) is 4.41. The molecule has 1 aliphatic carbocycles. The van der Waals surface area contributed by atoms with Crippen molar-refractivity contribution in [3.05, 3.63) is 59.7 Å². The van der Waals surface area contributed by atoms with E-state index in [0.29, 0.717) is 40.7 Å². The molecule has 1 fully saturated rings. The summed E-state index contributed by atoms with van der Waals surface area (Å²) in [4.78, 5) is 44.6. The number of carbonyl (C=O) groups excluding carboxylic acids is 3. The third-order valence-corrected chi connectivity index (χ3v) is 6.58. The number of benzodiazepines with no additional fused rings is 1. The van der Waals surface area contributed by atoms with E-state index in [9.17, 15) is 27.6 Å². The van der Waals surface area contributed by atoms with Gasteiger partial charge in [-0.05, 0) is 55.5 Å². The standard InChI is InChI=1S/C27H29F3N4O4/c1-38-19-10-8-17(9-11-19)23-20-4-2-3-5-21(20)34(15-16-6-7-16)26(37)24(32-23)33-25(36)18(14-22(31)35)12-13-27(28,29)30/h2-5,8-11,16,18,24H,6-7,12-15H2,1H3,(H2,31,35)(H,33,36). The molecule has 2 unspecified atom stereocenters. The van der Waals surface area contributed by atoms with Crippen LogP contribution in [-0.2, 0) is 14.4 Å². The van der Waals surface area contributed by atoms with Crippen LogP contribution in [0, 0.1) is 11.8 Å². The maximum Gasteiger partial charge on any atom is 0.389 e. The van der Waals surface area contributed by atoms with Crippen molar-refractivity contribution in [3.8, 4) is 5.75 Å². The van der Waals surface area contributed by atoms with Gasteiger partial charge in [-0.25, -0.2) is 4.99 Å². The average Bonchev–Trinajstić information content (AvgIpc) is 3.71. The molecule has 11 heteroatoms. The maximum atomic E-state index is 13.8. The Balaban J connectivity index is 1.72. The normalized spacial score (nSPS) is 18.2. The lowest BCUT2D eigenvalue weighted by molar-refractivity contribution is -0.143. The molecule has 202 valence electrons. The molecule has 1 saturated carbocycles. The zero-order valence-corrected chi connectivity index (χ0v) is 20.8. The molecule has 2 aliphatic rings. The summed E-state index contributed by atoms with van der Waals surface area (Å²) in [6.45, 7) is 0.423. The Morgan fingerprint density at radius 2 is 1.84 bits per heavy atom. The molecule has 0 spiro atoms. The van der Waals surface area contributed by atoms with Crippen LogP contribution in [0.1, 0.15) is 43.2 Å². The van der Waals surface area contributed by atoms with Crippen LogP contribution in [0.2, 0.25) is 0 Å². The van der Waals surface area contributed by atoms with Crippen LogP contribution in [0.15, 0.2) is 53.5 Å². The van der Waals surface area contributed by atoms with Gasteiger partial charge in [0, 0.05) is 36.4 Å². The number of primary amides is 1. The van der Waals surface area contributed by atoms with Crippen LogP contribution in [-0.4, -0.2) is 49.4 Å². The zero-order valence-electron chi connectivity index (χ0n) is 20.8. The second kappa shape index (κ2) is 11.2. The van der Waals surface area contributed by atoms with Crippen molar-refractivity contribution in [1.82, 2.24) is 5.32 Å². The molecule has 1 heterocycles. The van der Waals surface area contributed by atoms with Gasteiger partial charge in [-0.15, -0.1) is 0 Å². The topological polar surface area (TPSA) is 114 Å². The van der Waals surface area contributed by atoms with E-state index in [1.54, 1.807) is 41.3 Å². The summed E-state index contributed by atoms with van der Waals surface area (Å²) < 4.78 is 43.9. The SMILES string of the molecule is COc1ccc(C2=NC(NC(=O)C(CCC(F)(F)F)CC(N)=O)C(=O)N(CC3CC3)c3ccccc32)cc1. The van der Waals surface area contributed by atoms with Gasteiger partial charge in [0.1, 0.15) is 5.75 Å². The number of fused-ring (bicyclic) bond motifs is 1. The molecule has 2 atom stereocenters. The highest BCUT2D eigenvalue weighted by atomic mass is 19.4. The smallest absolute Gasteiger partial charge is 0.389 e. The van der Waals surface area contributed by atoms with Gasteiger partial charge in [0.05, 0.1) is 18.5 Å². The molecule has 2 aromatic carbocycles. The lowest BCUT2D eigenvalue weighted by atomic mass is 9.97. The second-order valence-electron chi connectivity index (χ2n) is 9.55. The third-order valence-electron chi connectivity index (χ3n) is 6.58. The van der Waals surface area contributed by atoms with Gasteiger partial charge in [0.25, 0.3) is 5.91 Å². The number of anilines is 1. The van der Waals surface area contributed by atoms with Gasteiger partial charge in [-0.1, -0.05) is 18.2 Å². The lowest BCUT2D eigenvalue weighted by Crippen LogP contribution is -2.49. The number of halogens is 3. The number of ether oxygens (including phenoxy) is 1. The highest BCUT2D eigenvalue weighted by molar-refractivity contribution is 6.20. The number of nitrogens with one attached hydrogen (secondary N) is 1. The molecule has 0 aromatic heterocycles. The number of nitrogens with zero attached hydrogens (tertiary/aromatic N) is 2. The molecular formula is C27H29F3N4O4. The molecule has 0 saturated heterocycles. The Labute approximate surface area is 218 Å². The summed E-state index contributed by atoms with van der Waals surface area (Å²) in [5.74, 6) is -2.74. The number of hydrogen-bond acceptors (Lipinski definition) is 5. The third kappa shape index (κ3) is 6.70. The minimum absolute atomic E-state index is 0.306. The first-order chi connectivity index (χ1) is 18.1. The lowest BCUT2D eigenvalue weighted by Gasteiger charge is -2.26. The van der Waals surface area contributed by atoms with Crippen molar-refractivity contribution in [3.63, 3.8) is 0 Å². The van der Waals surface area contributed by atoms with Gasteiger partial charge in [-0.2, -0.15) is 13.2 Å². The predicted molar refractivity (Wildman–Crippen MR) is 135 cm³/mol. The number of alkyl halides is 3. The molecule has 3 amide bonds. The molecule has 0 bridgehead atoms. The predicted octanol–water partition coefficient (Wildman–Crippen LogP) is 3.57. The number of para-hydroxylation sites is 1. The first-order valence-electron chi connectivity index (χ1n) is 12.3. The molecule has 8 nitrogen and oxygen atoms in total. The van der Waals surface area contributed by atoms with E-state index < -0.39 is 55.2 Å². The number of rotatable bonds is 10. The Hall–Kier alpha value is -3.89. The largest absolute Gasteiger partial charge is 0.497 e. The number of methoxy groups -OCH3 is 1. The van der Waals surface area contributed by atoms with Crippen LogP contribution in [0.3, 0.4) is 0 Å². The Morgan fingerprint density at radius 1 is 1.16 bits per heavy atom. The van der Waals surface area contributed by atoms with Crippen molar-refractivity contribution in [2.45, 2.75) is 44.4 Å². The maximum absolute atomic E-state index is 13.8. The fourth-order valence-corrected chi connectivity index (χ4v) is 4.41. The Morgan fingerprint density at radius 3 is 2.45 bits per heavy atom. The van der Waals surface area contributed by atoms with Gasteiger partial charge < -0.3 is 20.7 Å². The first-order valence-corrected chi connectivity index (χ1v) is 12.3. The van der Waals surface area contributed by atoms with E-state index in [1.807, 2.05) is 12.1 Å². The molecule has 3 N–H and O–H groups in total. The summed E-state index contributed by atoms with van der Waals surface area (Å²) in [6.07, 6.45) is -6.48. The number of nitrogens with two attached hydrogens (primary N) is 1. The van der Waals surface area contributed by atoms with Crippen molar-refractivity contribution in [1.29, 1.82) is 0 Å². The van der Waals surface area contributed by atoms with Gasteiger partial charge in [0.15, 0.2) is 0 Å². The summed E-state index contributed by atoms with van der Waals surface area (Å²) >= 11 is 0. The van der Waals surface area contributed by atoms with E-state index in [-0.39, 0.29) is 0 Å². The molecule has 2 aromatic rings. The summed E-state index contributed by atoms with van der Waals surface area (Å²) in [5, 5.41) is 2.51. The van der Waals surface area contributed by atoms with E-state index in [2.05, 4.69) is 10.3 Å². The number of hydrogen-bond donors (Lipinski definition) is 2. The highest BCUT2D eigenvalue weighted by Gasteiger charge is 2.38. The summed E-state index contributed by atoms with van der Waals surface area (Å²) in [6, 6.07) is 14.3. The van der Waals surface area contributed by atoms with Crippen molar-refractivity contribution >= 4 is 29.1 Å². The zero-order chi connectivity index (χ0) is 27.4. The van der Waals surface area contributed by atoms with Crippen molar-refractivity contribution < 1.29 is 32.3 Å².